The van der Waals surface area contributed by atoms with Crippen LogP contribution in [0, 0.1) is 31.1 Å². The molecule has 9 heteroatoms. The maximum Gasteiger partial charge on any atom is 0.227 e. The van der Waals surface area contributed by atoms with Crippen LogP contribution in [0.5, 0.6) is 0 Å². The van der Waals surface area contributed by atoms with Crippen LogP contribution in [0.15, 0.2) is 30.3 Å². The lowest BCUT2D eigenvalue weighted by Crippen LogP contribution is -2.56. The van der Waals surface area contributed by atoms with Crippen molar-refractivity contribution in [1.82, 2.24) is 34.8 Å². The van der Waals surface area contributed by atoms with E-state index in [1.165, 1.54) is 32.1 Å². The van der Waals surface area contributed by atoms with Crippen molar-refractivity contribution < 1.29 is 9.59 Å². The molecule has 9 nitrogen and oxygen atoms in total. The zero-order valence-electron chi connectivity index (χ0n) is 30.2. The number of likely N-dealkylation sites (tertiary alicyclic amines) is 2. The predicted molar refractivity (Wildman–Crippen MR) is 194 cm³/mol. The molecule has 266 valence electrons. The predicted octanol–water partition coefficient (Wildman–Crippen LogP) is 5.88. The van der Waals surface area contributed by atoms with Crippen molar-refractivity contribution in [3.63, 3.8) is 0 Å². The Balaban J connectivity index is 0.951. The van der Waals surface area contributed by atoms with Crippen LogP contribution in [-0.4, -0.2) is 92.6 Å². The number of carbonyl (C=O) groups is 2. The molecular weight excluding hydrogens is 610 g/mol. The average molecular weight is 670 g/mol. The molecule has 1 aromatic heterocycles. The minimum atomic E-state index is -0.123. The number of hydrogen-bond donors (Lipinski definition) is 1. The number of aryl methyl sites for hydroxylation is 1. The highest BCUT2D eigenvalue weighted by Crippen LogP contribution is 2.42. The molecule has 0 spiro atoms. The van der Waals surface area contributed by atoms with E-state index in [1.54, 1.807) is 0 Å². The smallest absolute Gasteiger partial charge is 0.227 e. The fourth-order valence-corrected chi connectivity index (χ4v) is 9.02. The Kier molecular flexibility index (Phi) is 12.1. The van der Waals surface area contributed by atoms with E-state index >= 15 is 0 Å². The van der Waals surface area contributed by atoms with Crippen LogP contribution in [0.2, 0.25) is 0 Å². The van der Waals surface area contributed by atoms with Crippen LogP contribution >= 0.6 is 0 Å². The zero-order valence-corrected chi connectivity index (χ0v) is 30.2. The Morgan fingerprint density at radius 1 is 0.959 bits per heavy atom. The number of unbranched alkanes of at least 4 members (excludes halogenated alkanes) is 2. The second-order valence-electron chi connectivity index (χ2n) is 15.6. The molecule has 2 unspecified atom stereocenters. The first-order chi connectivity index (χ1) is 23.8. The number of nitrogens with zero attached hydrogens (tertiary/aromatic N) is 6. The first-order valence-electron chi connectivity index (χ1n) is 19.3. The Morgan fingerprint density at radius 2 is 1.67 bits per heavy atom. The van der Waals surface area contributed by atoms with Gasteiger partial charge in [-0.15, -0.1) is 22.5 Å². The summed E-state index contributed by atoms with van der Waals surface area (Å²) in [6, 6.07) is 12.0. The third-order valence-corrected chi connectivity index (χ3v) is 12.0. The fourth-order valence-electron chi connectivity index (χ4n) is 9.02. The summed E-state index contributed by atoms with van der Waals surface area (Å²) in [4.78, 5) is 33.7. The molecule has 1 aromatic carbocycles. The van der Waals surface area contributed by atoms with E-state index < -0.39 is 0 Å². The summed E-state index contributed by atoms with van der Waals surface area (Å²) in [5.74, 6) is 6.03. The molecule has 0 aliphatic carbocycles. The second-order valence-corrected chi connectivity index (χ2v) is 15.6. The highest BCUT2D eigenvalue weighted by Gasteiger charge is 2.42. The van der Waals surface area contributed by atoms with E-state index in [0.717, 1.165) is 81.9 Å². The molecular formula is C40H59N7O2. The Hall–Kier alpha value is -3.22. The van der Waals surface area contributed by atoms with Gasteiger partial charge in [0, 0.05) is 56.5 Å². The normalized spacial score (nSPS) is 24.1. The molecule has 3 atom stereocenters. The topological polar surface area (TPSA) is 86.6 Å². The Morgan fingerprint density at radius 3 is 2.35 bits per heavy atom. The van der Waals surface area contributed by atoms with Crippen molar-refractivity contribution >= 4 is 11.8 Å². The number of rotatable bonds is 15. The summed E-state index contributed by atoms with van der Waals surface area (Å²) in [5, 5.41) is 12.4. The maximum atomic E-state index is 13.5. The minimum absolute atomic E-state index is 0.0357. The monoisotopic (exact) mass is 669 g/mol. The van der Waals surface area contributed by atoms with Gasteiger partial charge in [0.2, 0.25) is 11.8 Å². The van der Waals surface area contributed by atoms with Gasteiger partial charge in [-0.1, -0.05) is 44.2 Å². The van der Waals surface area contributed by atoms with Gasteiger partial charge in [-0.25, -0.2) is 0 Å². The van der Waals surface area contributed by atoms with Crippen LogP contribution in [0.1, 0.15) is 126 Å². The number of amides is 2. The lowest BCUT2D eigenvalue weighted by Gasteiger charge is -2.41. The maximum absolute atomic E-state index is 13.5. The van der Waals surface area contributed by atoms with Gasteiger partial charge in [-0.05, 0) is 102 Å². The molecule has 1 N–H and O–H groups in total. The number of aromatic nitrogens is 3. The SMILES string of the molecule is C#CCCCCN1CCC(CCC(=O)N2CC(C(=O)N[C@@H](CCN3C4CCC3CC(n3c(C)nnc3C(C)C)C4)c3ccccc3)C2)CC1. The van der Waals surface area contributed by atoms with Gasteiger partial charge in [-0.2, -0.15) is 0 Å². The molecule has 4 fully saturated rings. The molecule has 2 amide bonds. The largest absolute Gasteiger partial charge is 0.349 e. The number of fused-ring (bicyclic) bond motifs is 2. The van der Waals surface area contributed by atoms with Gasteiger partial charge in [0.1, 0.15) is 11.6 Å². The number of hydrogen-bond acceptors (Lipinski definition) is 6. The van der Waals surface area contributed by atoms with E-state index in [9.17, 15) is 9.59 Å². The highest BCUT2D eigenvalue weighted by atomic mass is 16.2. The van der Waals surface area contributed by atoms with Crippen molar-refractivity contribution in [1.29, 1.82) is 0 Å². The molecule has 4 aliphatic heterocycles. The number of benzene rings is 1. The number of carbonyl (C=O) groups excluding carboxylic acids is 2. The molecule has 0 radical (unpaired) electrons. The van der Waals surface area contributed by atoms with Crippen molar-refractivity contribution in [2.24, 2.45) is 11.8 Å². The van der Waals surface area contributed by atoms with Gasteiger partial charge in [-0.3, -0.25) is 14.5 Å². The second kappa shape index (κ2) is 16.7. The van der Waals surface area contributed by atoms with Gasteiger partial charge in [0.05, 0.1) is 12.0 Å². The Labute approximate surface area is 294 Å². The summed E-state index contributed by atoms with van der Waals surface area (Å²) in [5.41, 5.74) is 1.16. The molecule has 6 rings (SSSR count). The van der Waals surface area contributed by atoms with Gasteiger partial charge >= 0.3 is 0 Å². The van der Waals surface area contributed by atoms with Crippen LogP contribution in [0.4, 0.5) is 0 Å². The number of piperidine rings is 2. The van der Waals surface area contributed by atoms with E-state index in [0.29, 0.717) is 49.5 Å². The lowest BCUT2D eigenvalue weighted by molar-refractivity contribution is -0.143. The van der Waals surface area contributed by atoms with Gasteiger partial charge in [0.25, 0.3) is 0 Å². The first kappa shape index (κ1) is 35.6. The van der Waals surface area contributed by atoms with Crippen molar-refractivity contribution in [2.45, 2.75) is 128 Å². The van der Waals surface area contributed by atoms with E-state index in [2.05, 4.69) is 80.8 Å². The summed E-state index contributed by atoms with van der Waals surface area (Å²) in [6.45, 7) is 12.0. The number of terminal acetylenes is 1. The standard InChI is InChI=1S/C40H59N7O2/c1-5-6-7-11-21-44-22-18-31(19-23-44)14-17-38(48)45-27-33(28-45)40(49)41-37(32-12-9-8-10-13-32)20-24-46-34-15-16-35(46)26-36(25-34)47-30(4)42-43-39(47)29(2)3/h1,8-10,12-13,29,31,33-37H,6-7,11,14-28H2,2-4H3,(H,41,49)/t34?,35?,36?,37-/m0/s1. The quantitative estimate of drug-likeness (QED) is 0.188. The fraction of sp³-hybridized carbons (Fsp3) is 0.700. The van der Waals surface area contributed by atoms with E-state index in [1.807, 2.05) is 11.0 Å². The molecule has 2 aromatic rings. The van der Waals surface area contributed by atoms with Crippen LogP contribution in [0.25, 0.3) is 0 Å². The van der Waals surface area contributed by atoms with Crippen LogP contribution < -0.4 is 5.32 Å². The minimum Gasteiger partial charge on any atom is -0.349 e. The third kappa shape index (κ3) is 8.75. The molecule has 2 bridgehead atoms. The van der Waals surface area contributed by atoms with Crippen LogP contribution in [-0.2, 0) is 9.59 Å². The molecule has 4 aliphatic rings. The highest BCUT2D eigenvalue weighted by molar-refractivity contribution is 5.84. The van der Waals surface area contributed by atoms with E-state index in [-0.39, 0.29) is 23.8 Å². The lowest BCUT2D eigenvalue weighted by atomic mass is 9.91. The zero-order chi connectivity index (χ0) is 34.3. The first-order valence-corrected chi connectivity index (χ1v) is 19.3. The van der Waals surface area contributed by atoms with Gasteiger partial charge < -0.3 is 19.7 Å². The summed E-state index contributed by atoms with van der Waals surface area (Å²) in [7, 11) is 0. The summed E-state index contributed by atoms with van der Waals surface area (Å²) < 4.78 is 2.42. The number of nitrogens with one attached hydrogen (secondary N) is 1. The summed E-state index contributed by atoms with van der Waals surface area (Å²) in [6.07, 6.45) is 18.1. The molecule has 0 saturated carbocycles. The molecule has 49 heavy (non-hydrogen) atoms. The molecule has 5 heterocycles. The van der Waals surface area contributed by atoms with E-state index in [4.69, 9.17) is 6.42 Å². The molecule has 4 saturated heterocycles. The third-order valence-electron chi connectivity index (χ3n) is 12.0. The Bertz CT molecular complexity index is 1410. The summed E-state index contributed by atoms with van der Waals surface area (Å²) >= 11 is 0. The average Bonchev–Trinajstić information content (AvgIpc) is 3.58. The van der Waals surface area contributed by atoms with Crippen LogP contribution in [0.3, 0.4) is 0 Å². The van der Waals surface area contributed by atoms with Crippen molar-refractivity contribution in [3.05, 3.63) is 47.5 Å². The van der Waals surface area contributed by atoms with Gasteiger partial charge in [0.15, 0.2) is 0 Å². The van der Waals surface area contributed by atoms with Crippen molar-refractivity contribution in [2.75, 3.05) is 39.3 Å². The van der Waals surface area contributed by atoms with Crippen molar-refractivity contribution in [3.8, 4) is 12.3 Å².